The number of hydrogen-bond donors (Lipinski definition) is 5. The van der Waals surface area contributed by atoms with Gasteiger partial charge in [-0.25, -0.2) is 4.79 Å². The number of aliphatic imine (C=N–C) groups is 1. The van der Waals surface area contributed by atoms with Crippen LogP contribution in [-0.4, -0.2) is 35.5 Å². The number of hydrogen-bond acceptors (Lipinski definition) is 6. The van der Waals surface area contributed by atoms with Crippen LogP contribution < -0.4 is 15.8 Å². The minimum absolute atomic E-state index is 0.0441. The molecule has 3 aliphatic rings. The second-order valence-electron chi connectivity index (χ2n) is 8.74. The lowest BCUT2D eigenvalue weighted by Gasteiger charge is -2.25. The molecule has 0 aromatic heterocycles. The Labute approximate surface area is 188 Å². The summed E-state index contributed by atoms with van der Waals surface area (Å²) in [7, 11) is -1.23. The van der Waals surface area contributed by atoms with Crippen molar-refractivity contribution in [3.8, 4) is 0 Å². The summed E-state index contributed by atoms with van der Waals surface area (Å²) in [5, 5.41) is 22.1. The molecule has 9 heteroatoms. The fraction of sp³-hybridized carbons (Fsp3) is 0.545. The van der Waals surface area contributed by atoms with Crippen molar-refractivity contribution in [3.05, 3.63) is 39.4 Å². The predicted molar refractivity (Wildman–Crippen MR) is 127 cm³/mol. The molecule has 0 radical (unpaired) electrons. The van der Waals surface area contributed by atoms with Gasteiger partial charge in [0, 0.05) is 29.9 Å². The Bertz CT molecular complexity index is 850. The molecule has 0 bridgehead atoms. The molecule has 6 N–H and O–H groups in total. The van der Waals surface area contributed by atoms with E-state index in [1.807, 2.05) is 0 Å². The molecule has 0 unspecified atom stereocenters. The van der Waals surface area contributed by atoms with E-state index in [1.165, 1.54) is 22.3 Å². The quantitative estimate of drug-likeness (QED) is 0.264. The third kappa shape index (κ3) is 5.45. The molecule has 4 rings (SSSR count). The molecule has 2 amide bonds. The zero-order chi connectivity index (χ0) is 21.8. The number of carbonyl (C=O) groups is 1. The van der Waals surface area contributed by atoms with Crippen LogP contribution in [0.4, 0.5) is 10.5 Å². The highest BCUT2D eigenvalue weighted by molar-refractivity contribution is 8.01. The average Bonchev–Trinajstić information content (AvgIpc) is 3.42. The van der Waals surface area contributed by atoms with Gasteiger partial charge in [-0.1, -0.05) is 6.07 Å². The Hall–Kier alpha value is -1.97. The molecule has 0 saturated heterocycles. The van der Waals surface area contributed by atoms with Crippen LogP contribution in [0.3, 0.4) is 0 Å². The number of anilines is 1. The SMILES string of the molecule is N/C(=C\C=NC1CCC(B(O)O)CC1)SNC(=O)Nc1c2c(cc3c1CCC3)CCC2. The van der Waals surface area contributed by atoms with E-state index in [1.54, 1.807) is 12.3 Å². The number of rotatable bonds is 6. The molecule has 0 spiro atoms. The maximum absolute atomic E-state index is 12.5. The van der Waals surface area contributed by atoms with E-state index in [4.69, 9.17) is 5.73 Å². The smallest absolute Gasteiger partial charge is 0.427 e. The van der Waals surface area contributed by atoms with Crippen molar-refractivity contribution >= 4 is 37.0 Å². The minimum atomic E-state index is -1.23. The Morgan fingerprint density at radius 1 is 1.10 bits per heavy atom. The van der Waals surface area contributed by atoms with Crippen molar-refractivity contribution in [2.45, 2.75) is 76.1 Å². The third-order valence-electron chi connectivity index (χ3n) is 6.67. The van der Waals surface area contributed by atoms with Crippen molar-refractivity contribution in [1.82, 2.24) is 4.72 Å². The summed E-state index contributed by atoms with van der Waals surface area (Å²) in [5.41, 5.74) is 12.4. The lowest BCUT2D eigenvalue weighted by molar-refractivity contribution is 0.257. The van der Waals surface area contributed by atoms with Crippen LogP contribution >= 0.6 is 11.9 Å². The van der Waals surface area contributed by atoms with Crippen LogP contribution in [-0.2, 0) is 25.7 Å². The van der Waals surface area contributed by atoms with Crippen molar-refractivity contribution in [2.75, 3.05) is 5.32 Å². The molecule has 0 atom stereocenters. The van der Waals surface area contributed by atoms with Gasteiger partial charge in [0.1, 0.15) is 0 Å². The molecule has 1 saturated carbocycles. The normalized spacial score (nSPS) is 23.0. The van der Waals surface area contributed by atoms with E-state index in [0.29, 0.717) is 5.03 Å². The van der Waals surface area contributed by atoms with Gasteiger partial charge >= 0.3 is 13.1 Å². The minimum Gasteiger partial charge on any atom is -0.427 e. The Kier molecular flexibility index (Phi) is 7.25. The van der Waals surface area contributed by atoms with Gasteiger partial charge in [0.25, 0.3) is 0 Å². The van der Waals surface area contributed by atoms with Gasteiger partial charge in [-0.2, -0.15) is 0 Å². The van der Waals surface area contributed by atoms with Crippen LogP contribution in [0.25, 0.3) is 0 Å². The summed E-state index contributed by atoms with van der Waals surface area (Å²) in [5.74, 6) is -0.0441. The van der Waals surface area contributed by atoms with Gasteiger partial charge < -0.3 is 21.1 Å². The molecule has 31 heavy (non-hydrogen) atoms. The fourth-order valence-corrected chi connectivity index (χ4v) is 5.42. The molecule has 0 aliphatic heterocycles. The Morgan fingerprint density at radius 2 is 1.74 bits per heavy atom. The largest absolute Gasteiger partial charge is 0.454 e. The van der Waals surface area contributed by atoms with E-state index < -0.39 is 7.12 Å². The number of allylic oxidation sites excluding steroid dienone is 1. The molecule has 0 heterocycles. The van der Waals surface area contributed by atoms with E-state index >= 15 is 0 Å². The van der Waals surface area contributed by atoms with Crippen molar-refractivity contribution in [1.29, 1.82) is 0 Å². The average molecular weight is 442 g/mol. The first-order chi connectivity index (χ1) is 15.0. The first kappa shape index (κ1) is 22.2. The molecule has 166 valence electrons. The summed E-state index contributed by atoms with van der Waals surface area (Å²) in [4.78, 5) is 17.0. The summed E-state index contributed by atoms with van der Waals surface area (Å²) < 4.78 is 2.78. The van der Waals surface area contributed by atoms with Gasteiger partial charge in [0.05, 0.1) is 5.03 Å². The monoisotopic (exact) mass is 442 g/mol. The van der Waals surface area contributed by atoms with Crippen molar-refractivity contribution in [2.24, 2.45) is 10.7 Å². The second kappa shape index (κ2) is 10.1. The van der Waals surface area contributed by atoms with E-state index in [9.17, 15) is 14.8 Å². The van der Waals surface area contributed by atoms with Crippen LogP contribution in [0.1, 0.15) is 60.8 Å². The van der Waals surface area contributed by atoms with Crippen LogP contribution in [0, 0.1) is 0 Å². The van der Waals surface area contributed by atoms with E-state index in [2.05, 4.69) is 21.1 Å². The van der Waals surface area contributed by atoms with Gasteiger partial charge in [-0.15, -0.1) is 0 Å². The highest BCUT2D eigenvalue weighted by Crippen LogP contribution is 2.38. The lowest BCUT2D eigenvalue weighted by Crippen LogP contribution is -2.26. The van der Waals surface area contributed by atoms with Gasteiger partial charge in [-0.3, -0.25) is 9.71 Å². The zero-order valence-electron chi connectivity index (χ0n) is 17.8. The highest BCUT2D eigenvalue weighted by atomic mass is 32.2. The predicted octanol–water partition coefficient (Wildman–Crippen LogP) is 3.09. The molecular weight excluding hydrogens is 411 g/mol. The Morgan fingerprint density at radius 3 is 2.35 bits per heavy atom. The maximum atomic E-state index is 12.5. The second-order valence-corrected chi connectivity index (χ2v) is 9.62. The molecule has 7 nitrogen and oxygen atoms in total. The molecule has 1 aromatic rings. The maximum Gasteiger partial charge on any atom is 0.454 e. The standard InChI is InChI=1S/C22H31BN4O3S/c24-20(11-12-25-17-9-7-16(8-10-17)23(29)30)31-27-22(28)26-21-18-5-1-3-14(18)13-15-4-2-6-19(15)21/h11-13,16-17,29-30H,1-10,24H2,(H2,26,27,28)/b20-11+,25-12?. The topological polar surface area (TPSA) is 120 Å². The number of nitrogens with one attached hydrogen (secondary N) is 2. The molecular formula is C22H31BN4O3S. The van der Waals surface area contributed by atoms with Crippen molar-refractivity contribution < 1.29 is 14.8 Å². The number of nitrogens with zero attached hydrogens (tertiary/aromatic N) is 1. The first-order valence-electron chi connectivity index (χ1n) is 11.3. The number of amides is 2. The summed E-state index contributed by atoms with van der Waals surface area (Å²) >= 11 is 1.08. The van der Waals surface area contributed by atoms with Crippen LogP contribution in [0.15, 0.2) is 22.2 Å². The van der Waals surface area contributed by atoms with E-state index in [-0.39, 0.29) is 17.9 Å². The van der Waals surface area contributed by atoms with Gasteiger partial charge in [0.2, 0.25) is 0 Å². The number of fused-ring (bicyclic) bond motifs is 2. The fourth-order valence-electron chi connectivity index (χ4n) is 5.03. The highest BCUT2D eigenvalue weighted by Gasteiger charge is 2.28. The molecule has 1 fully saturated rings. The summed E-state index contributed by atoms with van der Waals surface area (Å²) in [6.07, 6.45) is 13.2. The van der Waals surface area contributed by atoms with Crippen LogP contribution in [0.2, 0.25) is 5.82 Å². The molecule has 1 aromatic carbocycles. The molecule has 3 aliphatic carbocycles. The summed E-state index contributed by atoms with van der Waals surface area (Å²) in [6.45, 7) is 0. The number of aryl methyl sites for hydroxylation is 2. The Balaban J connectivity index is 1.27. The first-order valence-corrected chi connectivity index (χ1v) is 12.1. The number of carbonyl (C=O) groups excluding carboxylic acids is 1. The number of nitrogens with two attached hydrogens (primary N) is 1. The van der Waals surface area contributed by atoms with E-state index in [0.717, 1.165) is 81.8 Å². The number of urea groups is 1. The van der Waals surface area contributed by atoms with Crippen molar-refractivity contribution in [3.63, 3.8) is 0 Å². The van der Waals surface area contributed by atoms with Crippen LogP contribution in [0.5, 0.6) is 0 Å². The van der Waals surface area contributed by atoms with Gasteiger partial charge in [-0.05, 0) is 98.4 Å². The third-order valence-corrected chi connectivity index (χ3v) is 7.33. The lowest BCUT2D eigenvalue weighted by atomic mass is 9.64. The van der Waals surface area contributed by atoms with Gasteiger partial charge in [0.15, 0.2) is 0 Å². The number of benzene rings is 1. The summed E-state index contributed by atoms with van der Waals surface area (Å²) in [6, 6.07) is 2.28. The zero-order valence-corrected chi connectivity index (χ0v) is 18.6.